The van der Waals surface area contributed by atoms with E-state index in [0.717, 1.165) is 77.0 Å². The Morgan fingerprint density at radius 2 is 0.942 bits per heavy atom. The van der Waals surface area contributed by atoms with Gasteiger partial charge in [-0.2, -0.15) is 0 Å². The standard InChI is InChI=1S/C46H85NO5/c1-3-5-7-9-11-13-19-24-28-32-36-40-46(51)52-41-37-33-29-25-21-18-16-14-15-17-20-23-27-31-35-39-45(50)47-43(42-48)44(49)38-34-30-26-22-12-10-8-6-4-2/h14,16,18,21,34,38,43-44,48-49H,3-13,15,17,19-20,22-33,35-37,39-42H2,1-2H3,(H,47,50)/b16-14-,21-18-,38-34+. The Morgan fingerprint density at radius 3 is 1.42 bits per heavy atom. The number of allylic oxidation sites excluding steroid dienone is 5. The summed E-state index contributed by atoms with van der Waals surface area (Å²) >= 11 is 0. The second kappa shape index (κ2) is 41.8. The van der Waals surface area contributed by atoms with Crippen molar-refractivity contribution in [2.45, 2.75) is 231 Å². The number of esters is 1. The monoisotopic (exact) mass is 732 g/mol. The molecule has 2 unspecified atom stereocenters. The summed E-state index contributed by atoms with van der Waals surface area (Å²) in [5, 5.41) is 22.8. The first kappa shape index (κ1) is 50.1. The maximum absolute atomic E-state index is 12.3. The number of aliphatic hydroxyl groups excluding tert-OH is 2. The fourth-order valence-corrected chi connectivity index (χ4v) is 6.44. The lowest BCUT2D eigenvalue weighted by molar-refractivity contribution is -0.143. The number of nitrogens with one attached hydrogen (secondary N) is 1. The van der Waals surface area contributed by atoms with Crippen LogP contribution in [-0.2, 0) is 14.3 Å². The number of carbonyl (C=O) groups is 2. The van der Waals surface area contributed by atoms with Gasteiger partial charge in [-0.15, -0.1) is 0 Å². The van der Waals surface area contributed by atoms with Crippen molar-refractivity contribution in [3.8, 4) is 0 Å². The van der Waals surface area contributed by atoms with Gasteiger partial charge >= 0.3 is 5.97 Å². The van der Waals surface area contributed by atoms with Crippen LogP contribution in [0.3, 0.4) is 0 Å². The van der Waals surface area contributed by atoms with Crippen LogP contribution in [0.2, 0.25) is 0 Å². The zero-order valence-corrected chi connectivity index (χ0v) is 34.3. The Kier molecular flexibility index (Phi) is 40.3. The highest BCUT2D eigenvalue weighted by molar-refractivity contribution is 5.76. The predicted molar refractivity (Wildman–Crippen MR) is 222 cm³/mol. The van der Waals surface area contributed by atoms with Gasteiger partial charge in [0.25, 0.3) is 0 Å². The van der Waals surface area contributed by atoms with E-state index in [1.165, 1.54) is 116 Å². The van der Waals surface area contributed by atoms with Gasteiger partial charge in [-0.1, -0.05) is 179 Å². The minimum atomic E-state index is -0.856. The van der Waals surface area contributed by atoms with Crippen LogP contribution < -0.4 is 5.32 Å². The summed E-state index contributed by atoms with van der Waals surface area (Å²) in [6, 6.07) is -0.641. The smallest absolute Gasteiger partial charge is 0.305 e. The molecule has 0 aliphatic rings. The molecule has 0 aliphatic carbocycles. The number of hydrogen-bond donors (Lipinski definition) is 3. The quantitative estimate of drug-likeness (QED) is 0.0252. The van der Waals surface area contributed by atoms with Crippen molar-refractivity contribution in [1.82, 2.24) is 5.32 Å². The van der Waals surface area contributed by atoms with E-state index < -0.39 is 12.1 Å². The molecule has 52 heavy (non-hydrogen) atoms. The van der Waals surface area contributed by atoms with E-state index in [0.29, 0.717) is 19.4 Å². The molecule has 304 valence electrons. The molecule has 1 amide bonds. The number of aliphatic hydroxyl groups is 2. The van der Waals surface area contributed by atoms with Gasteiger partial charge in [0.2, 0.25) is 5.91 Å². The Bertz CT molecular complexity index is 854. The van der Waals surface area contributed by atoms with Crippen LogP contribution in [0, 0.1) is 0 Å². The highest BCUT2D eigenvalue weighted by atomic mass is 16.5. The largest absolute Gasteiger partial charge is 0.466 e. The maximum Gasteiger partial charge on any atom is 0.305 e. The van der Waals surface area contributed by atoms with Gasteiger partial charge in [-0.05, 0) is 64.2 Å². The lowest BCUT2D eigenvalue weighted by atomic mass is 10.1. The molecule has 0 saturated carbocycles. The molecule has 0 saturated heterocycles. The molecular weight excluding hydrogens is 647 g/mol. The van der Waals surface area contributed by atoms with E-state index >= 15 is 0 Å². The van der Waals surface area contributed by atoms with Crippen molar-refractivity contribution in [3.05, 3.63) is 36.5 Å². The highest BCUT2D eigenvalue weighted by Gasteiger charge is 2.18. The molecule has 0 fully saturated rings. The first-order valence-corrected chi connectivity index (χ1v) is 22.3. The van der Waals surface area contributed by atoms with Gasteiger partial charge in [0.15, 0.2) is 0 Å². The molecule has 6 heteroatoms. The molecule has 0 spiro atoms. The number of unbranched alkanes of at least 4 members (excludes halogenated alkanes) is 26. The Morgan fingerprint density at radius 1 is 0.538 bits per heavy atom. The molecule has 6 nitrogen and oxygen atoms in total. The Labute approximate surface area is 322 Å². The zero-order valence-electron chi connectivity index (χ0n) is 34.3. The van der Waals surface area contributed by atoms with E-state index in [1.807, 2.05) is 6.08 Å². The molecular formula is C46H85NO5. The first-order valence-electron chi connectivity index (χ1n) is 22.3. The second-order valence-corrected chi connectivity index (χ2v) is 15.1. The first-order chi connectivity index (χ1) is 25.5. The van der Waals surface area contributed by atoms with Crippen molar-refractivity contribution in [3.63, 3.8) is 0 Å². The van der Waals surface area contributed by atoms with Crippen LogP contribution in [0.5, 0.6) is 0 Å². The summed E-state index contributed by atoms with van der Waals surface area (Å²) in [5.41, 5.74) is 0. The summed E-state index contributed by atoms with van der Waals surface area (Å²) in [7, 11) is 0. The summed E-state index contributed by atoms with van der Waals surface area (Å²) < 4.78 is 5.41. The highest BCUT2D eigenvalue weighted by Crippen LogP contribution is 2.13. The number of rotatable bonds is 40. The molecule has 0 aliphatic heterocycles. The minimum Gasteiger partial charge on any atom is -0.466 e. The van der Waals surface area contributed by atoms with Gasteiger partial charge < -0.3 is 20.3 Å². The average Bonchev–Trinajstić information content (AvgIpc) is 3.14. The van der Waals surface area contributed by atoms with Crippen molar-refractivity contribution >= 4 is 11.9 Å². The lowest BCUT2D eigenvalue weighted by Gasteiger charge is -2.20. The van der Waals surface area contributed by atoms with E-state index in [-0.39, 0.29) is 18.5 Å². The fourth-order valence-electron chi connectivity index (χ4n) is 6.44. The molecule has 0 radical (unpaired) electrons. The second-order valence-electron chi connectivity index (χ2n) is 15.1. The van der Waals surface area contributed by atoms with Crippen molar-refractivity contribution in [2.75, 3.05) is 13.2 Å². The summed E-state index contributed by atoms with van der Waals surface area (Å²) in [5.74, 6) is -0.120. The molecule has 0 heterocycles. The van der Waals surface area contributed by atoms with Crippen LogP contribution >= 0.6 is 0 Å². The third-order valence-electron chi connectivity index (χ3n) is 9.93. The fraction of sp³-hybridized carbons (Fsp3) is 0.826. The molecule has 0 aromatic rings. The van der Waals surface area contributed by atoms with Gasteiger partial charge in [0, 0.05) is 12.8 Å². The minimum absolute atomic E-state index is 0.0246. The van der Waals surface area contributed by atoms with Gasteiger partial charge in [0.1, 0.15) is 0 Å². The van der Waals surface area contributed by atoms with E-state index in [4.69, 9.17) is 4.74 Å². The summed E-state index contributed by atoms with van der Waals surface area (Å²) in [6.45, 7) is 4.79. The lowest BCUT2D eigenvalue weighted by Crippen LogP contribution is -2.45. The third kappa shape index (κ3) is 37.8. The van der Waals surface area contributed by atoms with E-state index in [1.54, 1.807) is 6.08 Å². The van der Waals surface area contributed by atoms with Gasteiger partial charge in [-0.25, -0.2) is 0 Å². The molecule has 0 aromatic carbocycles. The van der Waals surface area contributed by atoms with E-state index in [9.17, 15) is 19.8 Å². The summed E-state index contributed by atoms with van der Waals surface area (Å²) in [4.78, 5) is 24.3. The molecule has 2 atom stereocenters. The Hall–Kier alpha value is -1.92. The van der Waals surface area contributed by atoms with Crippen LogP contribution in [0.25, 0.3) is 0 Å². The topological polar surface area (TPSA) is 95.9 Å². The number of ether oxygens (including phenoxy) is 1. The summed E-state index contributed by atoms with van der Waals surface area (Å²) in [6.07, 6.45) is 48.5. The molecule has 0 rings (SSSR count). The molecule has 3 N–H and O–H groups in total. The number of amides is 1. The Balaban J connectivity index is 3.56. The number of hydrogen-bond acceptors (Lipinski definition) is 5. The van der Waals surface area contributed by atoms with E-state index in [2.05, 4.69) is 43.5 Å². The normalized spacial score (nSPS) is 13.1. The van der Waals surface area contributed by atoms with Crippen molar-refractivity contribution < 1.29 is 24.5 Å². The number of carbonyl (C=O) groups excluding carboxylic acids is 2. The van der Waals surface area contributed by atoms with Crippen molar-refractivity contribution in [2.24, 2.45) is 0 Å². The maximum atomic E-state index is 12.3. The molecule has 0 aromatic heterocycles. The molecule has 0 bridgehead atoms. The zero-order chi connectivity index (χ0) is 38.0. The SMILES string of the molecule is CCCCCCCCC/C=C/C(O)C(CO)NC(=O)CCCCCCCC/C=C\C=C/CCCCCOC(=O)CCCCCCCCCCCCC. The van der Waals surface area contributed by atoms with Crippen molar-refractivity contribution in [1.29, 1.82) is 0 Å². The van der Waals surface area contributed by atoms with Crippen LogP contribution in [0.4, 0.5) is 0 Å². The average molecular weight is 732 g/mol. The van der Waals surface area contributed by atoms with Gasteiger partial charge in [-0.3, -0.25) is 9.59 Å². The third-order valence-corrected chi connectivity index (χ3v) is 9.93. The predicted octanol–water partition coefficient (Wildman–Crippen LogP) is 12.6. The van der Waals surface area contributed by atoms with Crippen LogP contribution in [-0.4, -0.2) is 47.4 Å². The van der Waals surface area contributed by atoms with Crippen LogP contribution in [0.15, 0.2) is 36.5 Å². The van der Waals surface area contributed by atoms with Crippen LogP contribution in [0.1, 0.15) is 219 Å². The van der Waals surface area contributed by atoms with Gasteiger partial charge in [0.05, 0.1) is 25.4 Å².